The summed E-state index contributed by atoms with van der Waals surface area (Å²) in [5.41, 5.74) is 1.15. The minimum absolute atomic E-state index is 0.0528. The Morgan fingerprint density at radius 3 is 2.32 bits per heavy atom. The lowest BCUT2D eigenvalue weighted by Crippen LogP contribution is -2.42. The van der Waals surface area contributed by atoms with E-state index in [1.54, 1.807) is 29.2 Å². The molecule has 4 rings (SSSR count). The molecule has 0 aromatic heterocycles. The van der Waals surface area contributed by atoms with E-state index in [0.29, 0.717) is 80.4 Å². The molecule has 9 nitrogen and oxygen atoms in total. The lowest BCUT2D eigenvalue weighted by Gasteiger charge is -2.31. The number of nitrogens with zero attached hydrogens (tertiary/aromatic N) is 2. The van der Waals surface area contributed by atoms with E-state index in [2.05, 4.69) is 18.7 Å². The van der Waals surface area contributed by atoms with Crippen LogP contribution in [-0.4, -0.2) is 85.8 Å². The quantitative estimate of drug-likeness (QED) is 0.212. The van der Waals surface area contributed by atoms with Crippen molar-refractivity contribution in [1.29, 1.82) is 0 Å². The average molecular weight is 567 g/mol. The Morgan fingerprint density at radius 1 is 0.951 bits per heavy atom. The van der Waals surface area contributed by atoms with Crippen LogP contribution in [0.4, 0.5) is 0 Å². The van der Waals surface area contributed by atoms with Gasteiger partial charge in [0.2, 0.25) is 0 Å². The molecule has 0 radical (unpaired) electrons. The van der Waals surface area contributed by atoms with Crippen molar-refractivity contribution in [3.63, 3.8) is 0 Å². The Balaban J connectivity index is 1.73. The number of carbonyl (C=O) groups is 2. The van der Waals surface area contributed by atoms with Gasteiger partial charge in [-0.1, -0.05) is 19.9 Å². The van der Waals surface area contributed by atoms with Crippen LogP contribution in [0.15, 0.2) is 48.0 Å². The second-order valence-corrected chi connectivity index (χ2v) is 10.6. The molecule has 1 N–H and O–H groups in total. The number of Topliss-reactive ketones (excluding diaryl/α,β-unsaturated/α-hetero) is 1. The molecule has 1 amide bonds. The highest BCUT2D eigenvalue weighted by Crippen LogP contribution is 2.42. The zero-order valence-corrected chi connectivity index (χ0v) is 24.6. The van der Waals surface area contributed by atoms with Crippen LogP contribution in [0.25, 0.3) is 5.76 Å². The molecule has 2 aromatic rings. The molecule has 2 aliphatic heterocycles. The topological polar surface area (TPSA) is 97.8 Å². The van der Waals surface area contributed by atoms with Crippen molar-refractivity contribution in [3.05, 3.63) is 59.2 Å². The van der Waals surface area contributed by atoms with Crippen LogP contribution in [-0.2, 0) is 14.3 Å². The van der Waals surface area contributed by atoms with E-state index in [0.717, 1.165) is 19.5 Å². The van der Waals surface area contributed by atoms with Crippen molar-refractivity contribution in [2.75, 3.05) is 59.2 Å². The lowest BCUT2D eigenvalue weighted by molar-refractivity contribution is -0.140. The summed E-state index contributed by atoms with van der Waals surface area (Å²) in [5.74, 6) is 0.728. The molecule has 0 aliphatic carbocycles. The van der Waals surface area contributed by atoms with Gasteiger partial charge >= 0.3 is 0 Å². The summed E-state index contributed by atoms with van der Waals surface area (Å²) in [6, 6.07) is 11.5. The summed E-state index contributed by atoms with van der Waals surface area (Å²) in [6.45, 7) is 13.3. The summed E-state index contributed by atoms with van der Waals surface area (Å²) in [6.07, 6.45) is 0.900. The number of benzene rings is 2. The fourth-order valence-electron chi connectivity index (χ4n) is 5.05. The number of aliphatic hydroxyl groups is 1. The highest BCUT2D eigenvalue weighted by Gasteiger charge is 2.46. The van der Waals surface area contributed by atoms with Crippen LogP contribution in [0.3, 0.4) is 0 Å². The van der Waals surface area contributed by atoms with Crippen LogP contribution in [0.1, 0.15) is 51.3 Å². The molecule has 2 heterocycles. The molecule has 0 bridgehead atoms. The largest absolute Gasteiger partial charge is 0.507 e. The number of morpholine rings is 1. The zero-order chi connectivity index (χ0) is 29.4. The van der Waals surface area contributed by atoms with Gasteiger partial charge in [0, 0.05) is 31.7 Å². The number of hydrogen-bond donors (Lipinski definition) is 1. The molecule has 1 atom stereocenters. The predicted molar refractivity (Wildman–Crippen MR) is 156 cm³/mol. The third-order valence-corrected chi connectivity index (χ3v) is 7.28. The monoisotopic (exact) mass is 566 g/mol. The average Bonchev–Trinajstić information content (AvgIpc) is 3.22. The first-order valence-electron chi connectivity index (χ1n) is 14.5. The maximum Gasteiger partial charge on any atom is 0.295 e. The summed E-state index contributed by atoms with van der Waals surface area (Å²) in [5, 5.41) is 11.4. The highest BCUT2D eigenvalue weighted by molar-refractivity contribution is 6.46. The first-order valence-corrected chi connectivity index (χ1v) is 14.5. The Morgan fingerprint density at radius 2 is 1.66 bits per heavy atom. The Bertz CT molecular complexity index is 1220. The second kappa shape index (κ2) is 14.4. The second-order valence-electron chi connectivity index (χ2n) is 10.6. The van der Waals surface area contributed by atoms with Crippen molar-refractivity contribution in [2.45, 2.75) is 40.2 Å². The standard InChI is InChI=1S/C32H42N2O7/c1-5-39-25-10-7-23(8-11-25)30(35)28-29(34(32(37)31(28)36)15-14-33-16-19-38-20-17-33)24-9-12-26(27(21-24)40-6-2)41-18-13-22(3)4/h7-12,21-22,29,35H,5-6,13-20H2,1-4H3. The van der Waals surface area contributed by atoms with E-state index in [1.165, 1.54) is 0 Å². The van der Waals surface area contributed by atoms with Gasteiger partial charge in [-0.15, -0.1) is 0 Å². The number of carbonyl (C=O) groups excluding carboxylic acids is 2. The van der Waals surface area contributed by atoms with Crippen LogP contribution >= 0.6 is 0 Å². The van der Waals surface area contributed by atoms with Crippen LogP contribution in [0.5, 0.6) is 17.2 Å². The Hall–Kier alpha value is -3.56. The highest BCUT2D eigenvalue weighted by atomic mass is 16.5. The van der Waals surface area contributed by atoms with Gasteiger partial charge in [-0.2, -0.15) is 0 Å². The Labute approximate surface area is 242 Å². The van der Waals surface area contributed by atoms with Gasteiger partial charge in [0.05, 0.1) is 44.6 Å². The summed E-state index contributed by atoms with van der Waals surface area (Å²) < 4.78 is 22.9. The predicted octanol–water partition coefficient (Wildman–Crippen LogP) is 4.66. The number of ketones is 1. The fraction of sp³-hybridized carbons (Fsp3) is 0.500. The van der Waals surface area contributed by atoms with Gasteiger partial charge in [0.25, 0.3) is 11.7 Å². The summed E-state index contributed by atoms with van der Waals surface area (Å²) >= 11 is 0. The Kier molecular flexibility index (Phi) is 10.7. The zero-order valence-electron chi connectivity index (χ0n) is 24.6. The van der Waals surface area contributed by atoms with Gasteiger partial charge in [0.15, 0.2) is 11.5 Å². The third-order valence-electron chi connectivity index (χ3n) is 7.28. The van der Waals surface area contributed by atoms with Crippen molar-refractivity contribution >= 4 is 17.4 Å². The summed E-state index contributed by atoms with van der Waals surface area (Å²) in [7, 11) is 0. The molecular weight excluding hydrogens is 524 g/mol. The van der Waals surface area contributed by atoms with Crippen LogP contribution in [0, 0.1) is 5.92 Å². The van der Waals surface area contributed by atoms with Crippen molar-refractivity contribution in [2.24, 2.45) is 5.92 Å². The third kappa shape index (κ3) is 7.40. The molecule has 2 aliphatic rings. The van der Waals surface area contributed by atoms with Crippen molar-refractivity contribution in [1.82, 2.24) is 9.80 Å². The number of rotatable bonds is 13. The molecular formula is C32H42N2O7. The lowest BCUT2D eigenvalue weighted by atomic mass is 9.95. The van der Waals surface area contributed by atoms with E-state index in [-0.39, 0.29) is 11.3 Å². The molecule has 2 aromatic carbocycles. The molecule has 0 spiro atoms. The van der Waals surface area contributed by atoms with Crippen molar-refractivity contribution < 1.29 is 33.6 Å². The minimum Gasteiger partial charge on any atom is -0.507 e. The molecule has 2 saturated heterocycles. The van der Waals surface area contributed by atoms with Gasteiger partial charge in [-0.3, -0.25) is 14.5 Å². The molecule has 9 heteroatoms. The number of hydrogen-bond acceptors (Lipinski definition) is 8. The summed E-state index contributed by atoms with van der Waals surface area (Å²) in [4.78, 5) is 30.7. The van der Waals surface area contributed by atoms with E-state index < -0.39 is 17.7 Å². The molecule has 0 saturated carbocycles. The molecule has 2 fully saturated rings. The maximum atomic E-state index is 13.5. The number of aliphatic hydroxyl groups excluding tert-OH is 1. The SMILES string of the molecule is CCOc1ccc(C(O)=C2C(=O)C(=O)N(CCN3CCOCC3)C2c2ccc(OCCC(C)C)c(OCC)c2)cc1. The number of amides is 1. The van der Waals surface area contributed by atoms with E-state index in [4.69, 9.17) is 18.9 Å². The van der Waals surface area contributed by atoms with Gasteiger partial charge in [0.1, 0.15) is 11.5 Å². The van der Waals surface area contributed by atoms with E-state index in [1.807, 2.05) is 32.0 Å². The van der Waals surface area contributed by atoms with Crippen LogP contribution in [0.2, 0.25) is 0 Å². The molecule has 222 valence electrons. The number of ether oxygens (including phenoxy) is 4. The molecule has 1 unspecified atom stereocenters. The smallest absolute Gasteiger partial charge is 0.295 e. The fourth-order valence-corrected chi connectivity index (χ4v) is 5.05. The van der Waals surface area contributed by atoms with Gasteiger partial charge in [-0.05, 0) is 68.1 Å². The first-order chi connectivity index (χ1) is 19.8. The van der Waals surface area contributed by atoms with Gasteiger partial charge < -0.3 is 29.0 Å². The van der Waals surface area contributed by atoms with Crippen LogP contribution < -0.4 is 14.2 Å². The normalized spacial score (nSPS) is 19.1. The number of likely N-dealkylation sites (tertiary alicyclic amines) is 1. The van der Waals surface area contributed by atoms with E-state index in [9.17, 15) is 14.7 Å². The molecule has 41 heavy (non-hydrogen) atoms. The maximum absolute atomic E-state index is 13.5. The first kappa shape index (κ1) is 30.4. The van der Waals surface area contributed by atoms with Crippen molar-refractivity contribution in [3.8, 4) is 17.2 Å². The minimum atomic E-state index is -0.786. The van der Waals surface area contributed by atoms with Gasteiger partial charge in [-0.25, -0.2) is 0 Å². The van der Waals surface area contributed by atoms with E-state index >= 15 is 0 Å².